The van der Waals surface area contributed by atoms with Gasteiger partial charge in [0.1, 0.15) is 12.4 Å². The Kier molecular flexibility index (Phi) is 6.82. The lowest BCUT2D eigenvalue weighted by molar-refractivity contribution is -0.137. The predicted molar refractivity (Wildman–Crippen MR) is 136 cm³/mol. The van der Waals surface area contributed by atoms with Crippen LogP contribution in [0.25, 0.3) is 21.2 Å². The molecule has 0 amide bonds. The maximum Gasteiger partial charge on any atom is 0.304 e. The number of fused-ring (bicyclic) bond motifs is 1. The van der Waals surface area contributed by atoms with Crippen LogP contribution >= 0.6 is 11.3 Å². The van der Waals surface area contributed by atoms with Crippen molar-refractivity contribution in [1.29, 1.82) is 0 Å². The second kappa shape index (κ2) is 9.94. The average Bonchev–Trinajstić information content (AvgIpc) is 3.20. The van der Waals surface area contributed by atoms with Gasteiger partial charge in [0, 0.05) is 15.6 Å². The lowest BCUT2D eigenvalue weighted by Crippen LogP contribution is -2.04. The summed E-state index contributed by atoms with van der Waals surface area (Å²) in [6, 6.07) is 20.5. The summed E-state index contributed by atoms with van der Waals surface area (Å²) in [5, 5.41) is 12.6. The molecule has 0 radical (unpaired) electrons. The molecule has 4 rings (SSSR count). The Morgan fingerprint density at radius 1 is 1.06 bits per heavy atom. The molecular weight excluding hydrogens is 428 g/mol. The first-order chi connectivity index (χ1) is 16.0. The molecule has 3 aromatic carbocycles. The molecular formula is C29H26O3S. The molecule has 4 heteroatoms. The third-order valence-corrected chi connectivity index (χ3v) is 6.74. The number of aryl methyl sites for hydroxylation is 2. The maximum atomic E-state index is 11.1. The van der Waals surface area contributed by atoms with Crippen LogP contribution in [-0.2, 0) is 11.4 Å². The van der Waals surface area contributed by atoms with Crippen LogP contribution in [0.4, 0.5) is 0 Å². The van der Waals surface area contributed by atoms with Gasteiger partial charge in [-0.3, -0.25) is 4.79 Å². The Morgan fingerprint density at radius 2 is 1.79 bits per heavy atom. The topological polar surface area (TPSA) is 46.5 Å². The Balaban J connectivity index is 1.53. The number of hydrogen-bond acceptors (Lipinski definition) is 3. The summed E-state index contributed by atoms with van der Waals surface area (Å²) >= 11 is 1.77. The molecule has 3 nitrogen and oxygen atoms in total. The molecule has 0 aliphatic carbocycles. The summed E-state index contributed by atoms with van der Waals surface area (Å²) in [4.78, 5) is 11.1. The Bertz CT molecular complexity index is 1330. The van der Waals surface area contributed by atoms with Crippen LogP contribution in [0.1, 0.15) is 41.5 Å². The zero-order valence-electron chi connectivity index (χ0n) is 19.0. The van der Waals surface area contributed by atoms with Crippen molar-refractivity contribution in [2.24, 2.45) is 0 Å². The normalized spacial score (nSPS) is 11.6. The number of carboxylic acids is 1. The van der Waals surface area contributed by atoms with Gasteiger partial charge in [-0.25, -0.2) is 0 Å². The van der Waals surface area contributed by atoms with E-state index in [9.17, 15) is 4.79 Å². The summed E-state index contributed by atoms with van der Waals surface area (Å²) in [6.07, 6.45) is -0.00953. The van der Waals surface area contributed by atoms with Crippen molar-refractivity contribution in [1.82, 2.24) is 0 Å². The van der Waals surface area contributed by atoms with Gasteiger partial charge in [0.25, 0.3) is 0 Å². The van der Waals surface area contributed by atoms with Crippen molar-refractivity contribution < 1.29 is 14.6 Å². The summed E-state index contributed by atoms with van der Waals surface area (Å²) < 4.78 is 7.30. The first-order valence-electron chi connectivity index (χ1n) is 10.9. The van der Waals surface area contributed by atoms with Crippen LogP contribution < -0.4 is 4.74 Å². The minimum atomic E-state index is -0.854. The second-order valence-corrected chi connectivity index (χ2v) is 9.06. The summed E-state index contributed by atoms with van der Waals surface area (Å²) in [5.74, 6) is 5.38. The van der Waals surface area contributed by atoms with Gasteiger partial charge in [-0.2, -0.15) is 0 Å². The lowest BCUT2D eigenvalue weighted by Gasteiger charge is -2.12. The molecule has 1 heterocycles. The maximum absolute atomic E-state index is 11.1. The van der Waals surface area contributed by atoms with E-state index in [1.807, 2.05) is 24.3 Å². The largest absolute Gasteiger partial charge is 0.489 e. The highest BCUT2D eigenvalue weighted by Crippen LogP contribution is 2.38. The third kappa shape index (κ3) is 5.10. The van der Waals surface area contributed by atoms with Crippen LogP contribution in [0.2, 0.25) is 0 Å². The van der Waals surface area contributed by atoms with Crippen molar-refractivity contribution in [3.63, 3.8) is 0 Å². The highest BCUT2D eigenvalue weighted by atomic mass is 32.1. The number of carbonyl (C=O) groups is 1. The van der Waals surface area contributed by atoms with Gasteiger partial charge in [-0.05, 0) is 78.2 Å². The van der Waals surface area contributed by atoms with E-state index >= 15 is 0 Å². The molecule has 1 N–H and O–H groups in total. The molecule has 4 aromatic rings. The molecule has 0 saturated carbocycles. The van der Waals surface area contributed by atoms with Crippen molar-refractivity contribution in [3.8, 4) is 28.7 Å². The molecule has 0 fully saturated rings. The van der Waals surface area contributed by atoms with Crippen molar-refractivity contribution in [2.45, 2.75) is 39.7 Å². The van der Waals surface area contributed by atoms with Crippen LogP contribution in [-0.4, -0.2) is 11.1 Å². The molecule has 1 atom stereocenters. The molecule has 1 aromatic heterocycles. The monoisotopic (exact) mass is 454 g/mol. The van der Waals surface area contributed by atoms with Crippen molar-refractivity contribution in [3.05, 3.63) is 88.3 Å². The van der Waals surface area contributed by atoms with E-state index in [4.69, 9.17) is 9.84 Å². The lowest BCUT2D eigenvalue weighted by atomic mass is 9.95. The molecule has 0 saturated heterocycles. The molecule has 0 aliphatic heterocycles. The van der Waals surface area contributed by atoms with E-state index in [1.165, 1.54) is 32.3 Å². The van der Waals surface area contributed by atoms with Gasteiger partial charge in [-0.1, -0.05) is 42.3 Å². The molecule has 0 aliphatic rings. The molecule has 0 spiro atoms. The van der Waals surface area contributed by atoms with Crippen LogP contribution in [0.3, 0.4) is 0 Å². The number of aliphatic carboxylic acids is 1. The van der Waals surface area contributed by atoms with Crippen molar-refractivity contribution in [2.75, 3.05) is 0 Å². The zero-order chi connectivity index (χ0) is 23.4. The van der Waals surface area contributed by atoms with E-state index in [-0.39, 0.29) is 12.3 Å². The number of rotatable bonds is 7. The predicted octanol–water partition coefficient (Wildman–Crippen LogP) is 7.35. The quantitative estimate of drug-likeness (QED) is 0.297. The standard InChI is InChI=1S/C29H26O3S/c1-4-6-23(16-28(30)31)22-10-12-24(13-11-22)32-17-21-9-14-27-25(15-21)26(18-33-27)29-19(2)7-5-8-20(29)3/h5,7-15,18,23H,16-17H2,1-3H3,(H,30,31)/t23-/m0/s1. The van der Waals surface area contributed by atoms with Gasteiger partial charge in [-0.15, -0.1) is 17.3 Å². The number of ether oxygens (including phenoxy) is 1. The smallest absolute Gasteiger partial charge is 0.304 e. The SMILES string of the molecule is CC#C[C@@H](CC(=O)O)c1ccc(OCc2ccc3scc(-c4c(C)cccc4C)c3c2)cc1. The fraction of sp³-hybridized carbons (Fsp3) is 0.207. The van der Waals surface area contributed by atoms with E-state index in [0.717, 1.165) is 16.9 Å². The molecule has 0 unspecified atom stereocenters. The van der Waals surface area contributed by atoms with Crippen molar-refractivity contribution >= 4 is 27.4 Å². The number of thiophene rings is 1. The first-order valence-corrected chi connectivity index (χ1v) is 11.8. The summed E-state index contributed by atoms with van der Waals surface area (Å²) in [7, 11) is 0. The molecule has 166 valence electrons. The van der Waals surface area contributed by atoms with Crippen LogP contribution in [0, 0.1) is 25.7 Å². The minimum absolute atomic E-state index is 0.00953. The summed E-state index contributed by atoms with van der Waals surface area (Å²) in [6.45, 7) is 6.51. The molecule has 0 bridgehead atoms. The highest BCUT2D eigenvalue weighted by Gasteiger charge is 2.14. The Morgan fingerprint density at radius 3 is 2.45 bits per heavy atom. The highest BCUT2D eigenvalue weighted by molar-refractivity contribution is 7.17. The Labute approximate surface area is 198 Å². The van der Waals surface area contributed by atoms with Gasteiger partial charge < -0.3 is 9.84 Å². The van der Waals surface area contributed by atoms with Gasteiger partial charge in [0.15, 0.2) is 0 Å². The van der Waals surface area contributed by atoms with Gasteiger partial charge >= 0.3 is 5.97 Å². The molecule has 33 heavy (non-hydrogen) atoms. The number of benzene rings is 3. The van der Waals surface area contributed by atoms with Gasteiger partial charge in [0.05, 0.1) is 12.3 Å². The van der Waals surface area contributed by atoms with E-state index in [2.05, 4.69) is 67.5 Å². The second-order valence-electron chi connectivity index (χ2n) is 8.15. The number of carboxylic acid groups (broad SMARTS) is 1. The first kappa shape index (κ1) is 22.6. The summed E-state index contributed by atoms with van der Waals surface area (Å²) in [5.41, 5.74) is 7.15. The third-order valence-electron chi connectivity index (χ3n) is 5.77. The number of hydrogen-bond donors (Lipinski definition) is 1. The average molecular weight is 455 g/mol. The van der Waals surface area contributed by atoms with Crippen LogP contribution in [0.5, 0.6) is 5.75 Å². The van der Waals surface area contributed by atoms with E-state index in [1.54, 1.807) is 18.3 Å². The zero-order valence-corrected chi connectivity index (χ0v) is 19.8. The van der Waals surface area contributed by atoms with Gasteiger partial charge in [0.2, 0.25) is 0 Å². The Hall–Kier alpha value is -3.55. The minimum Gasteiger partial charge on any atom is -0.489 e. The van der Waals surface area contributed by atoms with Crippen LogP contribution in [0.15, 0.2) is 66.0 Å². The fourth-order valence-corrected chi connectivity index (χ4v) is 5.10. The van der Waals surface area contributed by atoms with E-state index in [0.29, 0.717) is 6.61 Å². The van der Waals surface area contributed by atoms with E-state index < -0.39 is 5.97 Å². The fourth-order valence-electron chi connectivity index (χ4n) is 4.16.